The van der Waals surface area contributed by atoms with Gasteiger partial charge in [0.1, 0.15) is 21.5 Å². The number of aromatic hydroxyl groups is 2. The minimum Gasteiger partial charge on any atom is -0.507 e. The fourth-order valence-corrected chi connectivity index (χ4v) is 5.28. The van der Waals surface area contributed by atoms with Gasteiger partial charge in [0.15, 0.2) is 0 Å². The van der Waals surface area contributed by atoms with E-state index in [2.05, 4.69) is 9.97 Å². The number of aromatic nitrogens is 2. The number of fused-ring (bicyclic) bond motifs is 2. The number of phenolic OH excluding ortho intramolecular Hbond substituents is 2. The molecule has 6 aromatic rings. The molecule has 2 heterocycles. The van der Waals surface area contributed by atoms with Crippen molar-refractivity contribution in [3.8, 4) is 32.6 Å². The molecule has 2 aromatic heterocycles. The molecule has 0 aliphatic rings. The molecule has 0 bridgehead atoms. The van der Waals surface area contributed by atoms with Crippen molar-refractivity contribution >= 4 is 43.1 Å². The quantitative estimate of drug-likeness (QED) is 0.240. The SMILES string of the molecule is Oc1ccccc1-c1nc2ccccc2s1.Oc1ccccc1-c1nc2ccccc2s1.[Y]. The Bertz CT molecular complexity index is 1350. The molecule has 33 heavy (non-hydrogen) atoms. The molecule has 0 saturated heterocycles. The Labute approximate surface area is 224 Å². The largest absolute Gasteiger partial charge is 0.507 e. The number of benzene rings is 4. The molecule has 4 nitrogen and oxygen atoms in total. The molecule has 0 unspecified atom stereocenters. The third-order valence-corrected chi connectivity index (χ3v) is 7.00. The molecule has 0 fully saturated rings. The van der Waals surface area contributed by atoms with E-state index in [0.29, 0.717) is 0 Å². The van der Waals surface area contributed by atoms with Gasteiger partial charge < -0.3 is 10.2 Å². The minimum absolute atomic E-state index is 0. The summed E-state index contributed by atoms with van der Waals surface area (Å²) in [7, 11) is 0. The summed E-state index contributed by atoms with van der Waals surface area (Å²) in [6.45, 7) is 0. The number of thiazole rings is 2. The number of hydrogen-bond donors (Lipinski definition) is 2. The fraction of sp³-hybridized carbons (Fsp3) is 0. The first kappa shape index (κ1) is 23.5. The fourth-order valence-electron chi connectivity index (χ4n) is 3.28. The molecule has 0 aliphatic carbocycles. The van der Waals surface area contributed by atoms with Gasteiger partial charge in [-0.3, -0.25) is 0 Å². The van der Waals surface area contributed by atoms with Crippen LogP contribution in [0.3, 0.4) is 0 Å². The first-order valence-corrected chi connectivity index (χ1v) is 11.6. The summed E-state index contributed by atoms with van der Waals surface area (Å²) in [4.78, 5) is 9.00. The molecule has 0 aliphatic heterocycles. The minimum atomic E-state index is 0. The standard InChI is InChI=1S/2C13H9NOS.Y/c2*15-11-7-3-1-5-9(11)13-14-10-6-2-4-8-12(10)16-13;/h2*1-8,15H;. The van der Waals surface area contributed by atoms with Crippen molar-refractivity contribution in [3.05, 3.63) is 97.1 Å². The molecule has 7 heteroatoms. The Morgan fingerprint density at radius 2 is 0.848 bits per heavy atom. The Hall–Kier alpha value is -2.64. The van der Waals surface area contributed by atoms with Gasteiger partial charge in [-0.25, -0.2) is 9.97 Å². The zero-order valence-corrected chi connectivity index (χ0v) is 21.9. The summed E-state index contributed by atoms with van der Waals surface area (Å²) in [5.74, 6) is 0.558. The Kier molecular flexibility index (Phi) is 7.51. The molecule has 159 valence electrons. The smallest absolute Gasteiger partial charge is 0.128 e. The molecule has 2 N–H and O–H groups in total. The molecular weight excluding hydrogens is 525 g/mol. The summed E-state index contributed by atoms with van der Waals surface area (Å²) < 4.78 is 2.28. The number of rotatable bonds is 2. The van der Waals surface area contributed by atoms with Crippen molar-refractivity contribution in [2.24, 2.45) is 0 Å². The van der Waals surface area contributed by atoms with E-state index < -0.39 is 0 Å². The van der Waals surface area contributed by atoms with Crippen LogP contribution in [0.2, 0.25) is 0 Å². The zero-order chi connectivity index (χ0) is 21.9. The second-order valence-corrected chi connectivity index (χ2v) is 9.07. The van der Waals surface area contributed by atoms with Crippen LogP contribution in [0.25, 0.3) is 41.6 Å². The Morgan fingerprint density at radius 1 is 0.485 bits per heavy atom. The van der Waals surface area contributed by atoms with Crippen LogP contribution >= 0.6 is 22.7 Å². The topological polar surface area (TPSA) is 66.2 Å². The van der Waals surface area contributed by atoms with Gasteiger partial charge in [-0.15, -0.1) is 22.7 Å². The van der Waals surface area contributed by atoms with Crippen LogP contribution in [0.5, 0.6) is 11.5 Å². The monoisotopic (exact) mass is 543 g/mol. The molecular formula is C26H18N2O2S2Y. The van der Waals surface area contributed by atoms with Crippen molar-refractivity contribution < 1.29 is 42.9 Å². The number of nitrogens with zero attached hydrogens (tertiary/aromatic N) is 2. The average molecular weight is 543 g/mol. The molecule has 1 radical (unpaired) electrons. The first-order valence-electron chi connectivity index (χ1n) is 9.97. The van der Waals surface area contributed by atoms with Crippen LogP contribution < -0.4 is 0 Å². The maximum Gasteiger partial charge on any atom is 0.128 e. The molecule has 0 atom stereocenters. The van der Waals surface area contributed by atoms with E-state index in [-0.39, 0.29) is 44.2 Å². The summed E-state index contributed by atoms with van der Waals surface area (Å²) >= 11 is 3.19. The Balaban J connectivity index is 0.000000152. The molecule has 6 rings (SSSR count). The van der Waals surface area contributed by atoms with Crippen LogP contribution in [0.15, 0.2) is 97.1 Å². The van der Waals surface area contributed by atoms with Gasteiger partial charge in [0, 0.05) is 32.7 Å². The van der Waals surface area contributed by atoms with E-state index in [1.54, 1.807) is 34.8 Å². The van der Waals surface area contributed by atoms with E-state index in [9.17, 15) is 10.2 Å². The second-order valence-electron chi connectivity index (χ2n) is 7.01. The first-order chi connectivity index (χ1) is 15.7. The van der Waals surface area contributed by atoms with Gasteiger partial charge in [0.2, 0.25) is 0 Å². The van der Waals surface area contributed by atoms with Gasteiger partial charge in [0.05, 0.1) is 31.6 Å². The van der Waals surface area contributed by atoms with Crippen molar-refractivity contribution in [1.82, 2.24) is 9.97 Å². The van der Waals surface area contributed by atoms with E-state index in [0.717, 1.165) is 41.6 Å². The summed E-state index contributed by atoms with van der Waals surface area (Å²) in [5, 5.41) is 21.2. The third kappa shape index (κ3) is 5.15. The van der Waals surface area contributed by atoms with Crippen LogP contribution in [0, 0.1) is 0 Å². The maximum atomic E-state index is 9.76. The van der Waals surface area contributed by atoms with Gasteiger partial charge in [-0.2, -0.15) is 0 Å². The number of phenols is 2. The van der Waals surface area contributed by atoms with Crippen molar-refractivity contribution in [2.75, 3.05) is 0 Å². The summed E-state index contributed by atoms with van der Waals surface area (Å²) in [6, 6.07) is 30.5. The van der Waals surface area contributed by atoms with Gasteiger partial charge in [0.25, 0.3) is 0 Å². The van der Waals surface area contributed by atoms with Gasteiger partial charge >= 0.3 is 0 Å². The molecule has 4 aromatic carbocycles. The number of para-hydroxylation sites is 4. The van der Waals surface area contributed by atoms with Gasteiger partial charge in [-0.05, 0) is 48.5 Å². The predicted molar refractivity (Wildman–Crippen MR) is 133 cm³/mol. The van der Waals surface area contributed by atoms with Crippen LogP contribution in [-0.2, 0) is 32.7 Å². The van der Waals surface area contributed by atoms with Crippen LogP contribution in [0.1, 0.15) is 0 Å². The van der Waals surface area contributed by atoms with Crippen LogP contribution in [-0.4, -0.2) is 20.2 Å². The van der Waals surface area contributed by atoms with E-state index >= 15 is 0 Å². The maximum absolute atomic E-state index is 9.76. The van der Waals surface area contributed by atoms with E-state index in [4.69, 9.17) is 0 Å². The summed E-state index contributed by atoms with van der Waals surface area (Å²) in [5.41, 5.74) is 3.55. The average Bonchev–Trinajstić information content (AvgIpc) is 3.44. The predicted octanol–water partition coefficient (Wildman–Crippen LogP) is 7.34. The number of hydrogen-bond acceptors (Lipinski definition) is 6. The summed E-state index contributed by atoms with van der Waals surface area (Å²) in [6.07, 6.45) is 0. The molecule has 0 amide bonds. The van der Waals surface area contributed by atoms with Crippen molar-refractivity contribution in [3.63, 3.8) is 0 Å². The molecule has 0 saturated carbocycles. The van der Waals surface area contributed by atoms with E-state index in [1.807, 2.05) is 84.9 Å². The zero-order valence-electron chi connectivity index (χ0n) is 17.4. The van der Waals surface area contributed by atoms with Crippen LogP contribution in [0.4, 0.5) is 0 Å². The second kappa shape index (κ2) is 10.5. The third-order valence-electron chi connectivity index (χ3n) is 4.86. The normalized spacial score (nSPS) is 10.4. The van der Waals surface area contributed by atoms with Crippen molar-refractivity contribution in [2.45, 2.75) is 0 Å². The molecule has 0 spiro atoms. The van der Waals surface area contributed by atoms with Gasteiger partial charge in [-0.1, -0.05) is 48.5 Å². The van der Waals surface area contributed by atoms with E-state index in [1.165, 1.54) is 0 Å². The van der Waals surface area contributed by atoms with Crippen molar-refractivity contribution in [1.29, 1.82) is 0 Å². The Morgan fingerprint density at radius 3 is 1.24 bits per heavy atom.